The third-order valence-electron chi connectivity index (χ3n) is 5.15. The number of nitrogens with one attached hydrogen (secondary N) is 1. The van der Waals surface area contributed by atoms with Crippen molar-refractivity contribution in [1.29, 1.82) is 0 Å². The van der Waals surface area contributed by atoms with Crippen LogP contribution in [0.2, 0.25) is 0 Å². The van der Waals surface area contributed by atoms with E-state index in [0.29, 0.717) is 19.6 Å². The second kappa shape index (κ2) is 8.34. The molecule has 0 radical (unpaired) electrons. The van der Waals surface area contributed by atoms with E-state index in [2.05, 4.69) is 34.5 Å². The Hall–Kier alpha value is -2.08. The second-order valence-corrected chi connectivity index (χ2v) is 6.88. The Morgan fingerprint density at radius 2 is 1.84 bits per heavy atom. The topological polar surface area (TPSA) is 55.9 Å². The van der Waals surface area contributed by atoms with Crippen LogP contribution in [0.1, 0.15) is 25.3 Å². The molecule has 2 aliphatic heterocycles. The average molecular weight is 344 g/mol. The van der Waals surface area contributed by atoms with Crippen LogP contribution in [-0.4, -0.2) is 71.9 Å². The molecule has 0 aromatic heterocycles. The summed E-state index contributed by atoms with van der Waals surface area (Å²) >= 11 is 0. The molecule has 2 fully saturated rings. The Labute approximate surface area is 149 Å². The highest BCUT2D eigenvalue weighted by Gasteiger charge is 2.28. The lowest BCUT2D eigenvalue weighted by molar-refractivity contribution is -0.134. The highest BCUT2D eigenvalue weighted by atomic mass is 16.2. The molecule has 136 valence electrons. The van der Waals surface area contributed by atoms with Gasteiger partial charge in [0.05, 0.1) is 0 Å². The van der Waals surface area contributed by atoms with Gasteiger partial charge in [-0.1, -0.05) is 30.3 Å². The fourth-order valence-electron chi connectivity index (χ4n) is 3.56. The summed E-state index contributed by atoms with van der Waals surface area (Å²) in [7, 11) is 0. The molecular formula is C19H28N4O2. The summed E-state index contributed by atoms with van der Waals surface area (Å²) in [6.45, 7) is 7.09. The first-order valence-corrected chi connectivity index (χ1v) is 9.25. The molecule has 3 amide bonds. The van der Waals surface area contributed by atoms with E-state index in [9.17, 15) is 9.59 Å². The Balaban J connectivity index is 1.41. The molecule has 2 heterocycles. The smallest absolute Gasteiger partial charge is 0.318 e. The number of amides is 3. The first-order valence-electron chi connectivity index (χ1n) is 9.25. The Morgan fingerprint density at radius 3 is 2.48 bits per heavy atom. The van der Waals surface area contributed by atoms with Crippen molar-refractivity contribution in [2.45, 2.75) is 32.4 Å². The van der Waals surface area contributed by atoms with Crippen molar-refractivity contribution in [3.63, 3.8) is 0 Å². The average Bonchev–Trinajstić information content (AvgIpc) is 2.64. The lowest BCUT2D eigenvalue weighted by atomic mass is 10.0. The number of likely N-dealkylation sites (tertiary alicyclic amines) is 1. The maximum absolute atomic E-state index is 12.4. The van der Waals surface area contributed by atoms with Gasteiger partial charge in [-0.15, -0.1) is 0 Å². The molecule has 1 aromatic rings. The lowest BCUT2D eigenvalue weighted by Gasteiger charge is -2.36. The molecule has 2 aliphatic rings. The third kappa shape index (κ3) is 4.72. The van der Waals surface area contributed by atoms with Gasteiger partial charge in [-0.25, -0.2) is 4.79 Å². The van der Waals surface area contributed by atoms with Crippen molar-refractivity contribution >= 4 is 11.9 Å². The zero-order valence-corrected chi connectivity index (χ0v) is 15.0. The fraction of sp³-hybridized carbons (Fsp3) is 0.579. The van der Waals surface area contributed by atoms with Crippen LogP contribution < -0.4 is 5.32 Å². The number of carbonyl (C=O) groups is 2. The molecule has 0 spiro atoms. The van der Waals surface area contributed by atoms with Gasteiger partial charge in [-0.3, -0.25) is 9.69 Å². The first kappa shape index (κ1) is 17.7. The predicted octanol–water partition coefficient (Wildman–Crippen LogP) is 1.52. The maximum atomic E-state index is 12.4. The summed E-state index contributed by atoms with van der Waals surface area (Å²) in [5, 5.41) is 3.12. The van der Waals surface area contributed by atoms with Crippen LogP contribution >= 0.6 is 0 Å². The predicted molar refractivity (Wildman–Crippen MR) is 97.1 cm³/mol. The highest BCUT2D eigenvalue weighted by molar-refractivity contribution is 5.85. The first-order chi connectivity index (χ1) is 12.2. The molecule has 1 aromatic carbocycles. The van der Waals surface area contributed by atoms with Crippen LogP contribution in [0.3, 0.4) is 0 Å². The second-order valence-electron chi connectivity index (χ2n) is 6.88. The van der Waals surface area contributed by atoms with Gasteiger partial charge in [0.15, 0.2) is 0 Å². The summed E-state index contributed by atoms with van der Waals surface area (Å²) in [5.74, 6) is 0.0431. The van der Waals surface area contributed by atoms with Crippen molar-refractivity contribution in [3.8, 4) is 0 Å². The van der Waals surface area contributed by atoms with E-state index in [0.717, 1.165) is 32.5 Å². The lowest BCUT2D eigenvalue weighted by Crippen LogP contribution is -2.56. The van der Waals surface area contributed by atoms with Crippen LogP contribution in [0.5, 0.6) is 0 Å². The molecule has 0 aliphatic carbocycles. The van der Waals surface area contributed by atoms with Crippen molar-refractivity contribution in [3.05, 3.63) is 35.9 Å². The number of hydrogen-bond acceptors (Lipinski definition) is 3. The summed E-state index contributed by atoms with van der Waals surface area (Å²) in [4.78, 5) is 30.2. The van der Waals surface area contributed by atoms with Gasteiger partial charge in [0.1, 0.15) is 6.54 Å². The number of carbonyl (C=O) groups excluding carboxylic acids is 2. The van der Waals surface area contributed by atoms with Crippen LogP contribution in [0.15, 0.2) is 30.3 Å². The van der Waals surface area contributed by atoms with E-state index in [4.69, 9.17) is 0 Å². The molecule has 0 saturated carbocycles. The van der Waals surface area contributed by atoms with Gasteiger partial charge in [0.2, 0.25) is 5.91 Å². The number of piperazine rings is 1. The Morgan fingerprint density at radius 1 is 1.12 bits per heavy atom. The van der Waals surface area contributed by atoms with Crippen molar-refractivity contribution in [2.75, 3.05) is 39.3 Å². The molecule has 0 unspecified atom stereocenters. The molecule has 2 saturated heterocycles. The van der Waals surface area contributed by atoms with Gasteiger partial charge in [-0.05, 0) is 25.3 Å². The molecule has 0 bridgehead atoms. The number of likely N-dealkylation sites (N-methyl/N-ethyl adjacent to an activating group) is 1. The number of urea groups is 1. The normalized spacial score (nSPS) is 20.0. The quantitative estimate of drug-likeness (QED) is 0.901. The monoisotopic (exact) mass is 344 g/mol. The summed E-state index contributed by atoms with van der Waals surface area (Å²) in [6.07, 6.45) is 1.92. The summed E-state index contributed by atoms with van der Waals surface area (Å²) < 4.78 is 0. The third-order valence-corrected chi connectivity index (χ3v) is 5.15. The Bertz CT molecular complexity index is 584. The fourth-order valence-corrected chi connectivity index (χ4v) is 3.56. The van der Waals surface area contributed by atoms with E-state index in [-0.39, 0.29) is 24.5 Å². The molecule has 1 N–H and O–H groups in total. The summed E-state index contributed by atoms with van der Waals surface area (Å²) in [6, 6.07) is 10.6. The largest absolute Gasteiger partial charge is 0.340 e. The van der Waals surface area contributed by atoms with Crippen LogP contribution in [0, 0.1) is 0 Å². The maximum Gasteiger partial charge on any atom is 0.318 e. The van der Waals surface area contributed by atoms with Crippen LogP contribution in [0.4, 0.5) is 4.79 Å². The van der Waals surface area contributed by atoms with E-state index < -0.39 is 0 Å². The van der Waals surface area contributed by atoms with Gasteiger partial charge < -0.3 is 15.1 Å². The van der Waals surface area contributed by atoms with Crippen molar-refractivity contribution in [2.24, 2.45) is 0 Å². The van der Waals surface area contributed by atoms with Crippen LogP contribution in [-0.2, 0) is 11.3 Å². The number of piperidine rings is 1. The number of rotatable bonds is 4. The molecule has 6 heteroatoms. The minimum atomic E-state index is -0.0920. The number of benzene rings is 1. The summed E-state index contributed by atoms with van der Waals surface area (Å²) in [5.41, 5.74) is 1.33. The van der Waals surface area contributed by atoms with Crippen molar-refractivity contribution < 1.29 is 9.59 Å². The van der Waals surface area contributed by atoms with Crippen molar-refractivity contribution in [1.82, 2.24) is 20.0 Å². The zero-order valence-electron chi connectivity index (χ0n) is 15.0. The van der Waals surface area contributed by atoms with Gasteiger partial charge in [0.25, 0.3) is 0 Å². The van der Waals surface area contributed by atoms with E-state index >= 15 is 0 Å². The SMILES string of the molecule is CCN1CCN(C(=O)NC2CCN(Cc3ccccc3)CC2)CC1=O. The van der Waals surface area contributed by atoms with Gasteiger partial charge in [-0.2, -0.15) is 0 Å². The molecule has 25 heavy (non-hydrogen) atoms. The number of nitrogens with zero attached hydrogens (tertiary/aromatic N) is 3. The van der Waals surface area contributed by atoms with Crippen LogP contribution in [0.25, 0.3) is 0 Å². The molecule has 6 nitrogen and oxygen atoms in total. The molecular weight excluding hydrogens is 316 g/mol. The highest BCUT2D eigenvalue weighted by Crippen LogP contribution is 2.14. The van der Waals surface area contributed by atoms with E-state index in [1.165, 1.54) is 5.56 Å². The minimum Gasteiger partial charge on any atom is -0.340 e. The standard InChI is InChI=1S/C19H28N4O2/c1-2-22-12-13-23(15-18(22)24)19(25)20-17-8-10-21(11-9-17)14-16-6-4-3-5-7-16/h3-7,17H,2,8-15H2,1H3,(H,20,25). The van der Waals surface area contributed by atoms with Gasteiger partial charge in [0, 0.05) is 45.3 Å². The van der Waals surface area contributed by atoms with Gasteiger partial charge >= 0.3 is 6.03 Å². The molecule has 3 rings (SSSR count). The number of hydrogen-bond donors (Lipinski definition) is 1. The molecule has 0 atom stereocenters. The van der Waals surface area contributed by atoms with E-state index in [1.807, 2.05) is 13.0 Å². The van der Waals surface area contributed by atoms with E-state index in [1.54, 1.807) is 9.80 Å². The zero-order chi connectivity index (χ0) is 17.6. The minimum absolute atomic E-state index is 0.0431. The Kier molecular flexibility index (Phi) is 5.91.